The molecule has 12 heteroatoms. The van der Waals surface area contributed by atoms with Crippen molar-refractivity contribution in [3.63, 3.8) is 0 Å². The Morgan fingerprint density at radius 3 is 2.40 bits per heavy atom. The highest BCUT2D eigenvalue weighted by Gasteiger charge is 2.34. The van der Waals surface area contributed by atoms with E-state index in [1.807, 2.05) is 4.90 Å². The van der Waals surface area contributed by atoms with Gasteiger partial charge in [-0.3, -0.25) is 25.1 Å². The van der Waals surface area contributed by atoms with Gasteiger partial charge in [-0.15, -0.1) is 0 Å². The fourth-order valence-electron chi connectivity index (χ4n) is 3.21. The van der Waals surface area contributed by atoms with Crippen LogP contribution >= 0.6 is 0 Å². The molecule has 1 aromatic heterocycles. The Labute approximate surface area is 169 Å². The lowest BCUT2D eigenvalue weighted by Crippen LogP contribution is -2.53. The number of anilines is 2. The highest BCUT2D eigenvalue weighted by atomic mass is 19.4. The van der Waals surface area contributed by atoms with E-state index >= 15 is 0 Å². The topological polar surface area (TPSA) is 104 Å². The van der Waals surface area contributed by atoms with Gasteiger partial charge in [-0.05, 0) is 25.1 Å². The van der Waals surface area contributed by atoms with E-state index in [2.05, 4.69) is 15.3 Å². The number of nitro benzene ring substituents is 1. The number of piperazine rings is 1. The molecule has 0 aliphatic carbocycles. The number of hydrogen-bond donors (Lipinski definition) is 1. The van der Waals surface area contributed by atoms with E-state index in [0.717, 1.165) is 12.1 Å². The minimum atomic E-state index is -4.66. The van der Waals surface area contributed by atoms with Crippen LogP contribution in [0.3, 0.4) is 0 Å². The Morgan fingerprint density at radius 2 is 1.83 bits per heavy atom. The molecule has 1 saturated heterocycles. The molecule has 1 aliphatic rings. The van der Waals surface area contributed by atoms with Crippen molar-refractivity contribution in [2.45, 2.75) is 19.1 Å². The van der Waals surface area contributed by atoms with Gasteiger partial charge >= 0.3 is 6.18 Å². The van der Waals surface area contributed by atoms with E-state index in [1.165, 1.54) is 12.4 Å². The van der Waals surface area contributed by atoms with Crippen molar-refractivity contribution < 1.29 is 22.9 Å². The summed E-state index contributed by atoms with van der Waals surface area (Å²) in [5.41, 5.74) is -1.53. The number of amides is 1. The first kappa shape index (κ1) is 21.4. The Bertz CT molecular complexity index is 917. The van der Waals surface area contributed by atoms with Crippen molar-refractivity contribution in [1.29, 1.82) is 0 Å². The largest absolute Gasteiger partial charge is 0.416 e. The normalized spacial score (nSPS) is 16.2. The molecule has 0 radical (unpaired) electrons. The van der Waals surface area contributed by atoms with Crippen molar-refractivity contribution in [3.8, 4) is 0 Å². The van der Waals surface area contributed by atoms with Crippen LogP contribution < -0.4 is 10.2 Å². The van der Waals surface area contributed by atoms with Crippen LogP contribution in [-0.2, 0) is 11.0 Å². The van der Waals surface area contributed by atoms with Crippen LogP contribution in [0.25, 0.3) is 0 Å². The molecule has 2 aromatic rings. The number of rotatable bonds is 5. The molecular formula is C18H19F3N6O3. The van der Waals surface area contributed by atoms with E-state index < -0.39 is 28.4 Å². The molecule has 9 nitrogen and oxygen atoms in total. The monoisotopic (exact) mass is 424 g/mol. The number of nitrogens with one attached hydrogen (secondary N) is 1. The Hall–Kier alpha value is -3.28. The molecule has 1 atom stereocenters. The van der Waals surface area contributed by atoms with Gasteiger partial charge in [-0.25, -0.2) is 9.97 Å². The van der Waals surface area contributed by atoms with Crippen molar-refractivity contribution in [3.05, 3.63) is 52.3 Å². The SMILES string of the molecule is C[C@@H](C(=O)Nc1ncccn1)N1CCN(c2ccc(C(F)(F)F)cc2[N+](=O)[O-])CC1. The standard InChI is InChI=1S/C18H19F3N6O3/c1-12(16(28)24-17-22-5-2-6-23-17)25-7-9-26(10-8-25)14-4-3-13(18(19,20)21)11-15(14)27(29)30/h2-6,11-12H,7-10H2,1H3,(H,22,23,24,28)/t12-/m0/s1. The number of nitro groups is 1. The van der Waals surface area contributed by atoms with Gasteiger partial charge in [0.25, 0.3) is 5.69 Å². The van der Waals surface area contributed by atoms with Gasteiger partial charge in [-0.2, -0.15) is 13.2 Å². The molecule has 1 aliphatic heterocycles. The number of benzene rings is 1. The summed E-state index contributed by atoms with van der Waals surface area (Å²) in [6.45, 7) is 3.18. The molecule has 30 heavy (non-hydrogen) atoms. The van der Waals surface area contributed by atoms with Crippen LogP contribution in [0.5, 0.6) is 0 Å². The molecular weight excluding hydrogens is 405 g/mol. The summed E-state index contributed by atoms with van der Waals surface area (Å²) in [7, 11) is 0. The zero-order valence-corrected chi connectivity index (χ0v) is 16.0. The Balaban J connectivity index is 1.66. The lowest BCUT2D eigenvalue weighted by molar-refractivity contribution is -0.384. The second kappa shape index (κ2) is 8.61. The molecule has 3 rings (SSSR count). The first-order valence-electron chi connectivity index (χ1n) is 9.09. The first-order chi connectivity index (χ1) is 14.2. The highest BCUT2D eigenvalue weighted by Crippen LogP contribution is 2.36. The number of carbonyl (C=O) groups is 1. The summed E-state index contributed by atoms with van der Waals surface area (Å²) >= 11 is 0. The predicted molar refractivity (Wildman–Crippen MR) is 102 cm³/mol. The molecule has 0 bridgehead atoms. The van der Waals surface area contributed by atoms with Gasteiger partial charge in [0.05, 0.1) is 16.5 Å². The summed E-state index contributed by atoms with van der Waals surface area (Å²) in [6, 6.07) is 3.64. The van der Waals surface area contributed by atoms with Crippen LogP contribution in [-0.4, -0.2) is 57.9 Å². The summed E-state index contributed by atoms with van der Waals surface area (Å²) in [4.78, 5) is 34.3. The van der Waals surface area contributed by atoms with E-state index in [9.17, 15) is 28.1 Å². The van der Waals surface area contributed by atoms with E-state index in [0.29, 0.717) is 32.2 Å². The number of halogens is 3. The van der Waals surface area contributed by atoms with Gasteiger partial charge in [0.1, 0.15) is 5.69 Å². The summed E-state index contributed by atoms with van der Waals surface area (Å²) < 4.78 is 38.7. The molecule has 1 N–H and O–H groups in total. The third kappa shape index (κ3) is 4.82. The second-order valence-corrected chi connectivity index (χ2v) is 6.72. The molecule has 2 heterocycles. The first-order valence-corrected chi connectivity index (χ1v) is 9.09. The average Bonchev–Trinajstić information content (AvgIpc) is 2.73. The predicted octanol–water partition coefficient (Wildman–Crippen LogP) is 2.55. The molecule has 0 unspecified atom stereocenters. The fraction of sp³-hybridized carbons (Fsp3) is 0.389. The van der Waals surface area contributed by atoms with Crippen molar-refractivity contribution in [2.24, 2.45) is 0 Å². The van der Waals surface area contributed by atoms with E-state index in [4.69, 9.17) is 0 Å². The smallest absolute Gasteiger partial charge is 0.363 e. The van der Waals surface area contributed by atoms with Gasteiger partial charge in [0.15, 0.2) is 0 Å². The lowest BCUT2D eigenvalue weighted by Gasteiger charge is -2.38. The molecule has 1 fully saturated rings. The highest BCUT2D eigenvalue weighted by molar-refractivity contribution is 5.93. The molecule has 0 spiro atoms. The van der Waals surface area contributed by atoms with Crippen LogP contribution in [0.15, 0.2) is 36.7 Å². The number of carbonyl (C=O) groups excluding carboxylic acids is 1. The maximum atomic E-state index is 12.9. The average molecular weight is 424 g/mol. The van der Waals surface area contributed by atoms with Crippen LogP contribution in [0.4, 0.5) is 30.5 Å². The molecule has 160 valence electrons. The van der Waals surface area contributed by atoms with Crippen LogP contribution in [0.1, 0.15) is 12.5 Å². The fourth-order valence-corrected chi connectivity index (χ4v) is 3.21. The molecule has 0 saturated carbocycles. The number of aromatic nitrogens is 2. The van der Waals surface area contributed by atoms with Crippen LogP contribution in [0, 0.1) is 10.1 Å². The second-order valence-electron chi connectivity index (χ2n) is 6.72. The third-order valence-electron chi connectivity index (χ3n) is 4.88. The summed E-state index contributed by atoms with van der Waals surface area (Å²) in [6.07, 6.45) is -1.65. The van der Waals surface area contributed by atoms with Gasteiger partial charge in [-0.1, -0.05) is 0 Å². The number of alkyl halides is 3. The van der Waals surface area contributed by atoms with E-state index in [1.54, 1.807) is 17.9 Å². The maximum absolute atomic E-state index is 12.9. The summed E-state index contributed by atoms with van der Waals surface area (Å²) in [5.74, 6) is -0.108. The zero-order valence-electron chi connectivity index (χ0n) is 16.0. The van der Waals surface area contributed by atoms with Crippen molar-refractivity contribution in [1.82, 2.24) is 14.9 Å². The number of hydrogen-bond acceptors (Lipinski definition) is 7. The Kier molecular flexibility index (Phi) is 6.15. The van der Waals surface area contributed by atoms with Crippen LogP contribution in [0.2, 0.25) is 0 Å². The van der Waals surface area contributed by atoms with Gasteiger partial charge in [0.2, 0.25) is 11.9 Å². The van der Waals surface area contributed by atoms with Crippen molar-refractivity contribution in [2.75, 3.05) is 36.4 Å². The number of nitrogens with zero attached hydrogens (tertiary/aromatic N) is 5. The third-order valence-corrected chi connectivity index (χ3v) is 4.88. The minimum absolute atomic E-state index is 0.127. The minimum Gasteiger partial charge on any atom is -0.363 e. The quantitative estimate of drug-likeness (QED) is 0.581. The molecule has 1 aromatic carbocycles. The lowest BCUT2D eigenvalue weighted by atomic mass is 10.1. The molecule has 1 amide bonds. The van der Waals surface area contributed by atoms with Gasteiger partial charge in [0, 0.05) is 44.6 Å². The zero-order chi connectivity index (χ0) is 21.9. The van der Waals surface area contributed by atoms with Crippen molar-refractivity contribution >= 4 is 23.2 Å². The summed E-state index contributed by atoms with van der Waals surface area (Å²) in [5, 5.41) is 13.9. The van der Waals surface area contributed by atoms with Gasteiger partial charge < -0.3 is 4.90 Å². The van der Waals surface area contributed by atoms with E-state index in [-0.39, 0.29) is 17.5 Å². The Morgan fingerprint density at radius 1 is 1.20 bits per heavy atom. The maximum Gasteiger partial charge on any atom is 0.416 e.